The van der Waals surface area contributed by atoms with Crippen molar-refractivity contribution in [3.8, 4) is 11.8 Å². The Morgan fingerprint density at radius 3 is 2.45 bits per heavy atom. The van der Waals surface area contributed by atoms with Crippen LogP contribution >= 0.6 is 0 Å². The van der Waals surface area contributed by atoms with Crippen LogP contribution in [0.3, 0.4) is 0 Å². The Bertz CT molecular complexity index is 765. The summed E-state index contributed by atoms with van der Waals surface area (Å²) in [6.07, 6.45) is 3.27. The first-order valence-corrected chi connectivity index (χ1v) is 6.93. The zero-order chi connectivity index (χ0) is 16.1. The molecule has 0 heterocycles. The lowest BCUT2D eigenvalue weighted by atomic mass is 10.0. The van der Waals surface area contributed by atoms with Crippen LogP contribution in [0.1, 0.15) is 32.6 Å². The van der Waals surface area contributed by atoms with Crippen molar-refractivity contribution in [2.75, 3.05) is 7.11 Å². The van der Waals surface area contributed by atoms with Crippen LogP contribution in [-0.4, -0.2) is 12.9 Å². The van der Waals surface area contributed by atoms with E-state index >= 15 is 0 Å². The van der Waals surface area contributed by atoms with Gasteiger partial charge in [-0.15, -0.1) is 0 Å². The Morgan fingerprint density at radius 1 is 1.18 bits per heavy atom. The maximum Gasteiger partial charge on any atom is 0.185 e. The average Bonchev–Trinajstić information content (AvgIpc) is 2.55. The second-order valence-corrected chi connectivity index (χ2v) is 5.05. The predicted molar refractivity (Wildman–Crippen MR) is 87.0 cm³/mol. The summed E-state index contributed by atoms with van der Waals surface area (Å²) in [5, 5.41) is 8.76. The summed E-state index contributed by atoms with van der Waals surface area (Å²) in [5.41, 5.74) is 4.14. The minimum Gasteiger partial charge on any atom is -0.496 e. The number of carbonyl (C=O) groups is 1. The van der Waals surface area contributed by atoms with Crippen LogP contribution < -0.4 is 4.74 Å². The third-order valence-electron chi connectivity index (χ3n) is 3.59. The molecule has 2 aromatic carbocycles. The van der Waals surface area contributed by atoms with Gasteiger partial charge in [0.2, 0.25) is 0 Å². The van der Waals surface area contributed by atoms with Crippen LogP contribution in [0.4, 0.5) is 0 Å². The molecule has 0 radical (unpaired) electrons. The van der Waals surface area contributed by atoms with Gasteiger partial charge >= 0.3 is 0 Å². The molecule has 0 fully saturated rings. The van der Waals surface area contributed by atoms with Crippen LogP contribution in [0, 0.1) is 25.2 Å². The Hall–Kier alpha value is -2.86. The van der Waals surface area contributed by atoms with E-state index in [-0.39, 0.29) is 5.78 Å². The number of ketones is 1. The number of ether oxygens (including phenoxy) is 1. The number of allylic oxidation sites excluding steroid dienone is 1. The maximum absolute atomic E-state index is 12.3. The first-order chi connectivity index (χ1) is 10.5. The number of nitrogens with zero attached hydrogens (tertiary/aromatic N) is 1. The maximum atomic E-state index is 12.3. The Balaban J connectivity index is 2.23. The molecule has 0 aliphatic heterocycles. The van der Waals surface area contributed by atoms with E-state index in [1.807, 2.05) is 32.0 Å². The molecule has 0 saturated heterocycles. The Labute approximate surface area is 130 Å². The van der Waals surface area contributed by atoms with Gasteiger partial charge in [-0.1, -0.05) is 18.2 Å². The van der Waals surface area contributed by atoms with E-state index in [1.54, 1.807) is 31.4 Å². The highest BCUT2D eigenvalue weighted by molar-refractivity contribution is 6.07. The smallest absolute Gasteiger partial charge is 0.185 e. The first-order valence-electron chi connectivity index (χ1n) is 6.93. The lowest BCUT2D eigenvalue weighted by Gasteiger charge is -2.09. The molecule has 0 N–H and O–H groups in total. The monoisotopic (exact) mass is 291 g/mol. The van der Waals surface area contributed by atoms with E-state index in [2.05, 4.69) is 6.07 Å². The molecular weight excluding hydrogens is 274 g/mol. The second kappa shape index (κ2) is 6.73. The normalized spacial score (nSPS) is 10.5. The number of hydrogen-bond donors (Lipinski definition) is 0. The van der Waals surface area contributed by atoms with Crippen LogP contribution in [0.5, 0.6) is 5.75 Å². The van der Waals surface area contributed by atoms with Gasteiger partial charge in [0, 0.05) is 5.56 Å². The Morgan fingerprint density at radius 2 is 1.86 bits per heavy atom. The third-order valence-corrected chi connectivity index (χ3v) is 3.59. The van der Waals surface area contributed by atoms with Crippen molar-refractivity contribution in [2.45, 2.75) is 13.8 Å². The molecular formula is C19H17NO2. The summed E-state index contributed by atoms with van der Waals surface area (Å²) in [5.74, 6) is 0.640. The summed E-state index contributed by atoms with van der Waals surface area (Å²) >= 11 is 0. The molecule has 0 aliphatic carbocycles. The second-order valence-electron chi connectivity index (χ2n) is 5.05. The summed E-state index contributed by atoms with van der Waals surface area (Å²) in [7, 11) is 1.60. The molecule has 0 saturated carbocycles. The molecule has 3 heteroatoms. The summed E-state index contributed by atoms with van der Waals surface area (Å²) < 4.78 is 5.30. The van der Waals surface area contributed by atoms with E-state index in [1.165, 1.54) is 6.08 Å². The zero-order valence-corrected chi connectivity index (χ0v) is 12.9. The number of carbonyl (C=O) groups excluding carboxylic acids is 1. The zero-order valence-electron chi connectivity index (χ0n) is 12.9. The van der Waals surface area contributed by atoms with Crippen molar-refractivity contribution in [2.24, 2.45) is 0 Å². The van der Waals surface area contributed by atoms with Crippen molar-refractivity contribution in [3.63, 3.8) is 0 Å². The van der Waals surface area contributed by atoms with Gasteiger partial charge in [-0.25, -0.2) is 0 Å². The minimum absolute atomic E-state index is 0.0780. The topological polar surface area (TPSA) is 50.1 Å². The number of hydrogen-bond acceptors (Lipinski definition) is 3. The van der Waals surface area contributed by atoms with E-state index in [9.17, 15) is 4.79 Å². The van der Waals surface area contributed by atoms with Gasteiger partial charge in [-0.05, 0) is 60.9 Å². The molecule has 0 bridgehead atoms. The van der Waals surface area contributed by atoms with Gasteiger partial charge in [0.1, 0.15) is 5.75 Å². The quantitative estimate of drug-likeness (QED) is 0.630. The highest BCUT2D eigenvalue weighted by atomic mass is 16.5. The number of rotatable bonds is 4. The van der Waals surface area contributed by atoms with Crippen LogP contribution in [0.15, 0.2) is 42.5 Å². The molecule has 0 aromatic heterocycles. The van der Waals surface area contributed by atoms with Crippen molar-refractivity contribution in [1.82, 2.24) is 0 Å². The number of aryl methyl sites for hydroxylation is 1. The highest BCUT2D eigenvalue weighted by Gasteiger charge is 2.09. The fourth-order valence-corrected chi connectivity index (χ4v) is 2.12. The van der Waals surface area contributed by atoms with E-state index in [4.69, 9.17) is 10.00 Å². The van der Waals surface area contributed by atoms with Crippen LogP contribution in [0.25, 0.3) is 6.08 Å². The molecule has 3 nitrogen and oxygen atoms in total. The van der Waals surface area contributed by atoms with Crippen molar-refractivity contribution in [3.05, 3.63) is 70.3 Å². The van der Waals surface area contributed by atoms with Crippen LogP contribution in [-0.2, 0) is 0 Å². The minimum atomic E-state index is -0.0780. The molecule has 2 rings (SSSR count). The lowest BCUT2D eigenvalue weighted by molar-refractivity contribution is 0.104. The predicted octanol–water partition coefficient (Wildman–Crippen LogP) is 4.08. The molecule has 22 heavy (non-hydrogen) atoms. The molecule has 0 aliphatic rings. The Kier molecular flexibility index (Phi) is 4.75. The van der Waals surface area contributed by atoms with Gasteiger partial charge in [0.25, 0.3) is 0 Å². The summed E-state index contributed by atoms with van der Waals surface area (Å²) in [4.78, 5) is 12.3. The number of methoxy groups -OCH3 is 1. The largest absolute Gasteiger partial charge is 0.496 e. The summed E-state index contributed by atoms with van der Waals surface area (Å²) in [6.45, 7) is 3.92. The van der Waals surface area contributed by atoms with Crippen molar-refractivity contribution in [1.29, 1.82) is 5.26 Å². The standard InChI is InChI=1S/C19H17NO2/c1-13-10-17(11-19(22-3)14(13)2)18(21)9-8-15-4-6-16(12-20)7-5-15/h4-11H,1-3H3/b9-8+. The molecule has 0 unspecified atom stereocenters. The number of nitriles is 1. The lowest BCUT2D eigenvalue weighted by Crippen LogP contribution is -1.99. The fourth-order valence-electron chi connectivity index (χ4n) is 2.12. The van der Waals surface area contributed by atoms with E-state index in [0.29, 0.717) is 11.1 Å². The van der Waals surface area contributed by atoms with Gasteiger partial charge in [-0.2, -0.15) is 5.26 Å². The number of benzene rings is 2. The van der Waals surface area contributed by atoms with Gasteiger partial charge in [0.15, 0.2) is 5.78 Å². The fraction of sp³-hybridized carbons (Fsp3) is 0.158. The van der Waals surface area contributed by atoms with Gasteiger partial charge in [-0.3, -0.25) is 4.79 Å². The first kappa shape index (κ1) is 15.5. The molecule has 2 aromatic rings. The third kappa shape index (κ3) is 3.42. The van der Waals surface area contributed by atoms with Gasteiger partial charge < -0.3 is 4.74 Å². The van der Waals surface area contributed by atoms with Crippen molar-refractivity contribution < 1.29 is 9.53 Å². The molecule has 0 spiro atoms. The highest BCUT2D eigenvalue weighted by Crippen LogP contribution is 2.23. The van der Waals surface area contributed by atoms with Crippen molar-refractivity contribution >= 4 is 11.9 Å². The summed E-state index contributed by atoms with van der Waals surface area (Å²) in [6, 6.07) is 12.8. The molecule has 0 atom stereocenters. The molecule has 0 amide bonds. The average molecular weight is 291 g/mol. The molecule has 110 valence electrons. The van der Waals surface area contributed by atoms with Gasteiger partial charge in [0.05, 0.1) is 18.7 Å². The van der Waals surface area contributed by atoms with E-state index < -0.39 is 0 Å². The van der Waals surface area contributed by atoms with E-state index in [0.717, 1.165) is 22.4 Å². The van der Waals surface area contributed by atoms with Crippen LogP contribution in [0.2, 0.25) is 0 Å². The SMILES string of the molecule is COc1cc(C(=O)/C=C/c2ccc(C#N)cc2)cc(C)c1C.